The fourth-order valence-electron chi connectivity index (χ4n) is 4.44. The summed E-state index contributed by atoms with van der Waals surface area (Å²) in [6.45, 7) is 9.20. The summed E-state index contributed by atoms with van der Waals surface area (Å²) in [7, 11) is 0. The van der Waals surface area contributed by atoms with Crippen molar-refractivity contribution in [1.82, 2.24) is 5.32 Å². The summed E-state index contributed by atoms with van der Waals surface area (Å²) in [6, 6.07) is 9.63. The molecular weight excluding hydrogens is 506 g/mol. The first-order valence-corrected chi connectivity index (χ1v) is 11.7. The molecule has 0 atom stereocenters. The normalized spacial score (nSPS) is 18.9. The molecule has 2 aliphatic heterocycles. The van der Waals surface area contributed by atoms with Crippen LogP contribution in [0.25, 0.3) is 11.6 Å². The molecule has 170 valence electrons. The van der Waals surface area contributed by atoms with Crippen molar-refractivity contribution in [3.8, 4) is 0 Å². The molecule has 4 amide bonds. The second-order valence-corrected chi connectivity index (χ2v) is 9.87. The van der Waals surface area contributed by atoms with E-state index in [-0.39, 0.29) is 11.1 Å². The number of nitrogens with zero attached hydrogens (tertiary/aromatic N) is 2. The Labute approximate surface area is 206 Å². The number of imide groups is 2. The van der Waals surface area contributed by atoms with E-state index < -0.39 is 17.8 Å². The van der Waals surface area contributed by atoms with Gasteiger partial charge in [0.1, 0.15) is 5.57 Å². The van der Waals surface area contributed by atoms with Crippen LogP contribution in [-0.2, 0) is 9.59 Å². The molecule has 8 heteroatoms. The molecule has 2 aromatic rings. The number of fused-ring (bicyclic) bond motifs is 1. The smallest absolute Gasteiger partial charge is 0.335 e. The third-order valence-electron chi connectivity index (χ3n) is 5.90. The van der Waals surface area contributed by atoms with E-state index in [0.29, 0.717) is 16.3 Å². The van der Waals surface area contributed by atoms with Crippen molar-refractivity contribution in [2.75, 3.05) is 16.3 Å². The molecule has 1 fully saturated rings. The van der Waals surface area contributed by atoms with E-state index >= 15 is 0 Å². The van der Waals surface area contributed by atoms with Crippen LogP contribution in [-0.4, -0.2) is 29.9 Å². The lowest BCUT2D eigenvalue weighted by atomic mass is 9.87. The van der Waals surface area contributed by atoms with E-state index in [9.17, 15) is 14.4 Å². The van der Waals surface area contributed by atoms with E-state index in [2.05, 4.69) is 53.0 Å². The van der Waals surface area contributed by atoms with Gasteiger partial charge < -0.3 is 4.90 Å². The topological polar surface area (TPSA) is 69.7 Å². The van der Waals surface area contributed by atoms with Crippen LogP contribution in [0.4, 0.5) is 16.2 Å². The van der Waals surface area contributed by atoms with E-state index in [0.717, 1.165) is 32.7 Å². The van der Waals surface area contributed by atoms with Gasteiger partial charge in [-0.1, -0.05) is 33.6 Å². The molecule has 0 unspecified atom stereocenters. The maximum atomic E-state index is 13.2. The standard InChI is InChI=1S/C25H23BrClN3O3/c1-5-29-21-12-20(27)15(10-18(21)14(2)13-25(29,3)4)11-19-22(31)28-24(33)30(23(19)32)17-8-6-16(26)7-9-17/h6-13H,5H2,1-4H3,(H,28,31,33)/b19-11-. The predicted octanol–water partition coefficient (Wildman–Crippen LogP) is 5.79. The fourth-order valence-corrected chi connectivity index (χ4v) is 4.92. The van der Waals surface area contributed by atoms with Crippen molar-refractivity contribution in [3.05, 3.63) is 68.7 Å². The molecule has 2 aromatic carbocycles. The summed E-state index contributed by atoms with van der Waals surface area (Å²) in [6.07, 6.45) is 3.64. The number of nitrogens with one attached hydrogen (secondary N) is 1. The minimum Gasteiger partial charge on any atom is -0.363 e. The number of hydrogen-bond donors (Lipinski definition) is 1. The quantitative estimate of drug-likeness (QED) is 0.404. The van der Waals surface area contributed by atoms with Gasteiger partial charge in [0.15, 0.2) is 0 Å². The van der Waals surface area contributed by atoms with Crippen LogP contribution in [0.2, 0.25) is 5.02 Å². The van der Waals surface area contributed by atoms with Gasteiger partial charge >= 0.3 is 6.03 Å². The highest BCUT2D eigenvalue weighted by Crippen LogP contribution is 2.41. The van der Waals surface area contributed by atoms with Gasteiger partial charge in [0.2, 0.25) is 0 Å². The Morgan fingerprint density at radius 2 is 1.79 bits per heavy atom. The number of likely N-dealkylation sites (N-methyl/N-ethyl adjacent to an activating group) is 1. The lowest BCUT2D eigenvalue weighted by molar-refractivity contribution is -0.122. The van der Waals surface area contributed by atoms with Gasteiger partial charge in [-0.15, -0.1) is 0 Å². The minimum atomic E-state index is -0.791. The summed E-state index contributed by atoms with van der Waals surface area (Å²) < 4.78 is 0.802. The highest BCUT2D eigenvalue weighted by atomic mass is 79.9. The molecule has 0 aliphatic carbocycles. The first kappa shape index (κ1) is 23.3. The monoisotopic (exact) mass is 527 g/mol. The number of anilines is 2. The minimum absolute atomic E-state index is 0.163. The van der Waals surface area contributed by atoms with Crippen LogP contribution >= 0.6 is 27.5 Å². The number of urea groups is 1. The number of hydrogen-bond acceptors (Lipinski definition) is 4. The Hall–Kier alpha value is -2.90. The lowest BCUT2D eigenvalue weighted by Crippen LogP contribution is -2.54. The van der Waals surface area contributed by atoms with Gasteiger partial charge in [-0.25, -0.2) is 9.69 Å². The fraction of sp³-hybridized carbons (Fsp3) is 0.240. The second kappa shape index (κ2) is 8.47. The second-order valence-electron chi connectivity index (χ2n) is 8.55. The summed E-state index contributed by atoms with van der Waals surface area (Å²) in [5.41, 5.74) is 3.63. The molecule has 0 saturated carbocycles. The number of carbonyl (C=O) groups excluding carboxylic acids is 3. The Morgan fingerprint density at radius 3 is 2.42 bits per heavy atom. The van der Waals surface area contributed by atoms with Gasteiger partial charge in [0.25, 0.3) is 11.8 Å². The van der Waals surface area contributed by atoms with Crippen molar-refractivity contribution in [2.24, 2.45) is 0 Å². The largest absolute Gasteiger partial charge is 0.363 e. The van der Waals surface area contributed by atoms with Gasteiger partial charge in [0.05, 0.1) is 11.2 Å². The summed E-state index contributed by atoms with van der Waals surface area (Å²) in [5.74, 6) is -1.46. The summed E-state index contributed by atoms with van der Waals surface area (Å²) in [5, 5.41) is 2.66. The average molecular weight is 529 g/mol. The number of allylic oxidation sites excluding steroid dienone is 1. The van der Waals surface area contributed by atoms with E-state index in [1.54, 1.807) is 24.3 Å². The Balaban J connectivity index is 1.79. The van der Waals surface area contributed by atoms with Crippen molar-refractivity contribution < 1.29 is 14.4 Å². The van der Waals surface area contributed by atoms with Crippen molar-refractivity contribution in [3.63, 3.8) is 0 Å². The maximum Gasteiger partial charge on any atom is 0.335 e. The summed E-state index contributed by atoms with van der Waals surface area (Å²) >= 11 is 9.95. The van der Waals surface area contributed by atoms with Crippen molar-refractivity contribution in [2.45, 2.75) is 33.2 Å². The molecule has 0 spiro atoms. The molecule has 33 heavy (non-hydrogen) atoms. The lowest BCUT2D eigenvalue weighted by Gasteiger charge is -2.43. The van der Waals surface area contributed by atoms with Gasteiger partial charge in [-0.2, -0.15) is 0 Å². The van der Waals surface area contributed by atoms with Crippen molar-refractivity contribution in [1.29, 1.82) is 0 Å². The molecule has 2 heterocycles. The molecule has 1 N–H and O–H groups in total. The zero-order valence-corrected chi connectivity index (χ0v) is 21.0. The molecule has 2 aliphatic rings. The Morgan fingerprint density at radius 1 is 1.12 bits per heavy atom. The number of halogens is 2. The van der Waals surface area contributed by atoms with Gasteiger partial charge in [-0.05, 0) is 81.3 Å². The molecular formula is C25H23BrClN3O3. The summed E-state index contributed by atoms with van der Waals surface area (Å²) in [4.78, 5) is 41.4. The van der Waals surface area contributed by atoms with Crippen molar-refractivity contribution >= 4 is 68.4 Å². The number of carbonyl (C=O) groups is 3. The maximum absolute atomic E-state index is 13.2. The van der Waals surface area contributed by atoms with Crippen LogP contribution in [0.3, 0.4) is 0 Å². The molecule has 0 bridgehead atoms. The van der Waals surface area contributed by atoms with Crippen LogP contribution < -0.4 is 15.1 Å². The van der Waals surface area contributed by atoms with E-state index in [1.807, 2.05) is 19.1 Å². The van der Waals surface area contributed by atoms with E-state index in [1.165, 1.54) is 6.08 Å². The Bertz CT molecular complexity index is 1250. The van der Waals surface area contributed by atoms with Crippen LogP contribution in [0.1, 0.15) is 38.8 Å². The first-order valence-electron chi connectivity index (χ1n) is 10.5. The number of barbiturate groups is 1. The van der Waals surface area contributed by atoms with Crippen LogP contribution in [0, 0.1) is 0 Å². The molecule has 0 radical (unpaired) electrons. The number of rotatable bonds is 3. The molecule has 4 rings (SSSR count). The SMILES string of the molecule is CCN1c2cc(Cl)c(/C=C3/C(=O)NC(=O)N(c4ccc(Br)cc4)C3=O)cc2C(C)=CC1(C)C. The Kier molecular flexibility index (Phi) is 5.97. The third kappa shape index (κ3) is 4.11. The predicted molar refractivity (Wildman–Crippen MR) is 135 cm³/mol. The highest BCUT2D eigenvalue weighted by molar-refractivity contribution is 9.10. The van der Waals surface area contributed by atoms with Crippen LogP contribution in [0.15, 0.2) is 52.5 Å². The zero-order chi connectivity index (χ0) is 24.1. The molecule has 0 aromatic heterocycles. The first-order chi connectivity index (χ1) is 15.5. The number of amides is 4. The molecule has 6 nitrogen and oxygen atoms in total. The zero-order valence-electron chi connectivity index (χ0n) is 18.7. The molecule has 1 saturated heterocycles. The third-order valence-corrected chi connectivity index (χ3v) is 6.75. The average Bonchev–Trinajstić information content (AvgIpc) is 2.72. The van der Waals surface area contributed by atoms with E-state index in [4.69, 9.17) is 11.6 Å². The van der Waals surface area contributed by atoms with Crippen LogP contribution in [0.5, 0.6) is 0 Å². The van der Waals surface area contributed by atoms with Gasteiger partial charge in [-0.3, -0.25) is 14.9 Å². The number of benzene rings is 2. The highest BCUT2D eigenvalue weighted by Gasteiger charge is 2.37. The van der Waals surface area contributed by atoms with Gasteiger partial charge in [0, 0.05) is 27.3 Å².